The number of amides is 1. The largest absolute Gasteiger partial charge is 0.497 e. The molecule has 0 atom stereocenters. The lowest BCUT2D eigenvalue weighted by Gasteiger charge is -2.11. The number of carbonyl (C=O) groups excluding carboxylic acids is 1. The van der Waals surface area contributed by atoms with Gasteiger partial charge in [0.15, 0.2) is 6.61 Å². The van der Waals surface area contributed by atoms with Crippen molar-refractivity contribution in [2.24, 2.45) is 5.10 Å². The number of carbonyl (C=O) groups is 1. The topological polar surface area (TPSA) is 78.4 Å². The molecule has 0 saturated heterocycles. The number of nitrogens with zero attached hydrogens (tertiary/aromatic N) is 1. The van der Waals surface area contributed by atoms with Crippen LogP contribution in [0.15, 0.2) is 76.3 Å². The lowest BCUT2D eigenvalue weighted by Crippen LogP contribution is -2.24. The van der Waals surface area contributed by atoms with Crippen molar-refractivity contribution in [3.63, 3.8) is 0 Å². The van der Waals surface area contributed by atoms with Crippen LogP contribution < -0.4 is 24.4 Å². The molecule has 0 aliphatic carbocycles. The molecule has 0 fully saturated rings. The van der Waals surface area contributed by atoms with Crippen molar-refractivity contribution in [3.05, 3.63) is 82.3 Å². The molecular weight excluding hydrogens is 476 g/mol. The molecule has 0 bridgehead atoms. The van der Waals surface area contributed by atoms with Crippen LogP contribution in [0.2, 0.25) is 0 Å². The first kappa shape index (κ1) is 23.1. The van der Waals surface area contributed by atoms with Crippen LogP contribution in [-0.2, 0) is 11.4 Å². The Morgan fingerprint density at radius 3 is 2.47 bits per heavy atom. The third-order valence-electron chi connectivity index (χ3n) is 4.30. The van der Waals surface area contributed by atoms with E-state index in [1.165, 1.54) is 6.21 Å². The van der Waals surface area contributed by atoms with Crippen LogP contribution in [-0.4, -0.2) is 32.9 Å². The van der Waals surface area contributed by atoms with Crippen LogP contribution >= 0.6 is 15.9 Å². The molecular formula is C24H23BrN2O5. The summed E-state index contributed by atoms with van der Waals surface area (Å²) >= 11 is 3.36. The summed E-state index contributed by atoms with van der Waals surface area (Å²) in [6.45, 7) is 0.183. The summed E-state index contributed by atoms with van der Waals surface area (Å²) in [5, 5.41) is 4.02. The van der Waals surface area contributed by atoms with E-state index in [0.29, 0.717) is 29.4 Å². The number of hydrogen-bond acceptors (Lipinski definition) is 6. The fourth-order valence-electron chi connectivity index (χ4n) is 2.72. The highest BCUT2D eigenvalue weighted by atomic mass is 79.9. The van der Waals surface area contributed by atoms with E-state index < -0.39 is 0 Å². The first-order chi connectivity index (χ1) is 15.6. The van der Waals surface area contributed by atoms with E-state index in [0.717, 1.165) is 15.8 Å². The summed E-state index contributed by atoms with van der Waals surface area (Å²) in [6.07, 6.45) is 1.50. The van der Waals surface area contributed by atoms with Crippen molar-refractivity contribution in [2.45, 2.75) is 6.61 Å². The molecule has 166 valence electrons. The normalized spacial score (nSPS) is 10.6. The smallest absolute Gasteiger partial charge is 0.277 e. The van der Waals surface area contributed by atoms with Crippen molar-refractivity contribution in [1.29, 1.82) is 0 Å². The van der Waals surface area contributed by atoms with E-state index in [-0.39, 0.29) is 12.5 Å². The van der Waals surface area contributed by atoms with Crippen LogP contribution in [0, 0.1) is 0 Å². The highest BCUT2D eigenvalue weighted by Gasteiger charge is 2.07. The Morgan fingerprint density at radius 1 is 0.938 bits per heavy atom. The number of rotatable bonds is 10. The fraction of sp³-hybridized carbons (Fsp3) is 0.167. The molecule has 1 amide bonds. The number of hydrogen-bond donors (Lipinski definition) is 1. The predicted octanol–water partition coefficient (Wildman–Crippen LogP) is 4.57. The van der Waals surface area contributed by atoms with Crippen molar-refractivity contribution in [3.8, 4) is 23.0 Å². The summed E-state index contributed by atoms with van der Waals surface area (Å²) in [6, 6.07) is 20.2. The fourth-order valence-corrected chi connectivity index (χ4v) is 3.10. The number of halogens is 1. The number of ether oxygens (including phenoxy) is 4. The van der Waals surface area contributed by atoms with Gasteiger partial charge >= 0.3 is 0 Å². The number of benzene rings is 3. The zero-order chi connectivity index (χ0) is 22.8. The van der Waals surface area contributed by atoms with Gasteiger partial charge in [-0.25, -0.2) is 5.43 Å². The molecule has 3 rings (SSSR count). The molecule has 0 spiro atoms. The predicted molar refractivity (Wildman–Crippen MR) is 126 cm³/mol. The maximum Gasteiger partial charge on any atom is 0.277 e. The zero-order valence-corrected chi connectivity index (χ0v) is 19.3. The molecule has 7 nitrogen and oxygen atoms in total. The highest BCUT2D eigenvalue weighted by Crippen LogP contribution is 2.24. The van der Waals surface area contributed by atoms with Crippen LogP contribution in [0.4, 0.5) is 0 Å². The van der Waals surface area contributed by atoms with Crippen molar-refractivity contribution >= 4 is 28.1 Å². The second-order valence-electron chi connectivity index (χ2n) is 6.58. The lowest BCUT2D eigenvalue weighted by atomic mass is 10.2. The Hall–Kier alpha value is -3.52. The van der Waals surface area contributed by atoms with Crippen LogP contribution in [0.3, 0.4) is 0 Å². The number of nitrogens with one attached hydrogen (secondary N) is 1. The van der Waals surface area contributed by atoms with Crippen molar-refractivity contribution in [2.75, 3.05) is 20.8 Å². The quantitative estimate of drug-likeness (QED) is 0.327. The first-order valence-electron chi connectivity index (χ1n) is 9.71. The van der Waals surface area contributed by atoms with Gasteiger partial charge in [0.1, 0.15) is 29.6 Å². The molecule has 3 aromatic carbocycles. The maximum absolute atomic E-state index is 12.0. The minimum Gasteiger partial charge on any atom is -0.497 e. The Labute approximate surface area is 195 Å². The van der Waals surface area contributed by atoms with Gasteiger partial charge in [-0.3, -0.25) is 4.79 Å². The Bertz CT molecular complexity index is 1090. The average molecular weight is 499 g/mol. The maximum atomic E-state index is 12.0. The van der Waals surface area contributed by atoms with Gasteiger partial charge in [0, 0.05) is 10.0 Å². The Balaban J connectivity index is 1.61. The van der Waals surface area contributed by atoms with Gasteiger partial charge in [0.25, 0.3) is 5.91 Å². The highest BCUT2D eigenvalue weighted by molar-refractivity contribution is 9.10. The second kappa shape index (κ2) is 11.8. The molecule has 32 heavy (non-hydrogen) atoms. The van der Waals surface area contributed by atoms with Gasteiger partial charge < -0.3 is 18.9 Å². The minimum absolute atomic E-state index is 0.162. The molecule has 3 aromatic rings. The second-order valence-corrected chi connectivity index (χ2v) is 7.50. The Morgan fingerprint density at radius 2 is 1.69 bits per heavy atom. The molecule has 1 N–H and O–H groups in total. The molecule has 0 unspecified atom stereocenters. The van der Waals surface area contributed by atoms with Gasteiger partial charge in [-0.2, -0.15) is 5.10 Å². The summed E-state index contributed by atoms with van der Waals surface area (Å²) in [4.78, 5) is 12.0. The minimum atomic E-state index is -0.386. The monoisotopic (exact) mass is 498 g/mol. The zero-order valence-electron chi connectivity index (χ0n) is 17.7. The van der Waals surface area contributed by atoms with E-state index >= 15 is 0 Å². The first-order valence-corrected chi connectivity index (χ1v) is 10.5. The van der Waals surface area contributed by atoms with Crippen molar-refractivity contribution in [1.82, 2.24) is 5.43 Å². The Kier molecular flexibility index (Phi) is 8.51. The lowest BCUT2D eigenvalue weighted by molar-refractivity contribution is -0.123. The number of hydrazone groups is 1. The molecule has 0 saturated carbocycles. The molecule has 0 aromatic heterocycles. The molecule has 0 aliphatic heterocycles. The van der Waals surface area contributed by atoms with Crippen LogP contribution in [0.25, 0.3) is 0 Å². The van der Waals surface area contributed by atoms with Crippen LogP contribution in [0.5, 0.6) is 23.0 Å². The van der Waals surface area contributed by atoms with E-state index in [1.807, 2.05) is 36.4 Å². The van der Waals surface area contributed by atoms with Crippen molar-refractivity contribution < 1.29 is 23.7 Å². The molecule has 0 aliphatic rings. The van der Waals surface area contributed by atoms with Gasteiger partial charge in [-0.05, 0) is 54.1 Å². The van der Waals surface area contributed by atoms with Gasteiger partial charge in [0.05, 0.1) is 20.4 Å². The van der Waals surface area contributed by atoms with E-state index in [9.17, 15) is 4.79 Å². The van der Waals surface area contributed by atoms with E-state index in [4.69, 9.17) is 18.9 Å². The molecule has 8 heteroatoms. The van der Waals surface area contributed by atoms with Crippen LogP contribution in [0.1, 0.15) is 11.1 Å². The van der Waals surface area contributed by atoms with E-state index in [1.54, 1.807) is 44.6 Å². The number of methoxy groups -OCH3 is 2. The average Bonchev–Trinajstić information content (AvgIpc) is 2.82. The van der Waals surface area contributed by atoms with Gasteiger partial charge in [-0.15, -0.1) is 0 Å². The molecule has 0 radical (unpaired) electrons. The third-order valence-corrected chi connectivity index (χ3v) is 4.80. The molecule has 0 heterocycles. The van der Waals surface area contributed by atoms with Gasteiger partial charge in [0.2, 0.25) is 0 Å². The third kappa shape index (κ3) is 7.02. The summed E-state index contributed by atoms with van der Waals surface area (Å²) in [5.41, 5.74) is 4.06. The van der Waals surface area contributed by atoms with Gasteiger partial charge in [-0.1, -0.05) is 34.1 Å². The SMILES string of the molecule is COc1cccc(COc2ccc(OC)cc2C=NNC(=O)COc2cccc(Br)c2)c1. The standard InChI is InChI=1S/C24H23BrN2O5/c1-29-20-7-3-5-17(11-20)15-32-23-10-9-21(30-2)12-18(23)14-26-27-24(28)16-31-22-8-4-6-19(25)13-22/h3-14H,15-16H2,1-2H3,(H,27,28). The summed E-state index contributed by atoms with van der Waals surface area (Å²) in [7, 11) is 3.20. The summed E-state index contributed by atoms with van der Waals surface area (Å²) in [5.74, 6) is 2.19. The summed E-state index contributed by atoms with van der Waals surface area (Å²) < 4.78 is 22.8. The van der Waals surface area contributed by atoms with E-state index in [2.05, 4.69) is 26.5 Å².